The lowest BCUT2D eigenvalue weighted by Gasteiger charge is -2.08. The van der Waals surface area contributed by atoms with E-state index in [1.165, 1.54) is 11.8 Å². The van der Waals surface area contributed by atoms with E-state index in [1.807, 2.05) is 69.3 Å². The van der Waals surface area contributed by atoms with Gasteiger partial charge in [-0.1, -0.05) is 47.1 Å². The summed E-state index contributed by atoms with van der Waals surface area (Å²) in [7, 11) is 0. The largest absolute Gasteiger partial charge is 0.510 e. The summed E-state index contributed by atoms with van der Waals surface area (Å²) in [4.78, 5) is 28.0. The van der Waals surface area contributed by atoms with Gasteiger partial charge >= 0.3 is 16.6 Å². The topological polar surface area (TPSA) is 77.7 Å². The van der Waals surface area contributed by atoms with Gasteiger partial charge in [0.25, 0.3) is 0 Å². The summed E-state index contributed by atoms with van der Waals surface area (Å²) in [5, 5.41) is 4.89. The van der Waals surface area contributed by atoms with Crippen LogP contribution in [-0.4, -0.2) is 37.3 Å². The van der Waals surface area contributed by atoms with Crippen LogP contribution < -0.4 is 0 Å². The predicted molar refractivity (Wildman–Crippen MR) is 173 cm³/mol. The second-order valence-corrected chi connectivity index (χ2v) is 12.6. The fourth-order valence-corrected chi connectivity index (χ4v) is 6.20. The number of hydrogen-bond acceptors (Lipinski definition) is 6. The van der Waals surface area contributed by atoms with Gasteiger partial charge in [0.1, 0.15) is 5.71 Å². The molecule has 5 aromatic rings. The monoisotopic (exact) mass is 650 g/mol. The van der Waals surface area contributed by atoms with Crippen molar-refractivity contribution in [1.82, 2.24) is 4.57 Å². The molecule has 5 rings (SSSR count). The number of fused-ring (bicyclic) bond motifs is 3. The highest BCUT2D eigenvalue weighted by atomic mass is 32.2. The Hall–Kier alpha value is -4.22. The van der Waals surface area contributed by atoms with Gasteiger partial charge in [0.15, 0.2) is 5.78 Å². The van der Waals surface area contributed by atoms with Crippen LogP contribution in [0.25, 0.3) is 21.8 Å². The highest BCUT2D eigenvalue weighted by Crippen LogP contribution is 2.32. The smallest absolute Gasteiger partial charge is 0.341 e. The highest BCUT2D eigenvalue weighted by Gasteiger charge is 2.40. The molecule has 0 aliphatic rings. The summed E-state index contributed by atoms with van der Waals surface area (Å²) in [5.41, 5.74) is -0.565. The molecule has 45 heavy (non-hydrogen) atoms. The minimum Gasteiger partial charge on any atom is -0.341 e. The van der Waals surface area contributed by atoms with Crippen LogP contribution in [0.15, 0.2) is 95.0 Å². The number of alkyl halides is 3. The molecule has 0 bridgehead atoms. The van der Waals surface area contributed by atoms with Crippen molar-refractivity contribution in [2.24, 2.45) is 5.16 Å². The van der Waals surface area contributed by atoms with Crippen molar-refractivity contribution in [1.29, 1.82) is 0 Å². The maximum atomic E-state index is 13.7. The second kappa shape index (κ2) is 13.4. The molecule has 6 nitrogen and oxygen atoms in total. The number of carbonyl (C=O) groups excluding carboxylic acids is 2. The summed E-state index contributed by atoms with van der Waals surface area (Å²) in [6.45, 7) is 6.43. The molecular weight excluding hydrogens is 622 g/mol. The summed E-state index contributed by atoms with van der Waals surface area (Å²) in [6, 6.07) is 25.5. The van der Waals surface area contributed by atoms with Crippen molar-refractivity contribution in [2.45, 2.75) is 44.1 Å². The zero-order chi connectivity index (χ0) is 32.3. The average molecular weight is 651 g/mol. The minimum atomic E-state index is -5.15. The van der Waals surface area contributed by atoms with Crippen LogP contribution in [0.5, 0.6) is 0 Å². The lowest BCUT2D eigenvalue weighted by molar-refractivity contribution is -0.0471. The molecule has 11 heteroatoms. The molecular formula is C34H29F3N2O4S2. The van der Waals surface area contributed by atoms with E-state index in [2.05, 4.69) is 14.0 Å². The first-order chi connectivity index (χ1) is 21.5. The van der Waals surface area contributed by atoms with Gasteiger partial charge in [0.05, 0.1) is 0 Å². The predicted octanol–water partition coefficient (Wildman–Crippen LogP) is 8.58. The first kappa shape index (κ1) is 32.2. The average Bonchev–Trinajstić information content (AvgIpc) is 3.34. The number of aromatic nitrogens is 1. The number of rotatable bonds is 11. The molecule has 4 aromatic carbocycles. The van der Waals surface area contributed by atoms with E-state index < -0.39 is 22.4 Å². The minimum absolute atomic E-state index is 0.0315. The number of aryl methyl sites for hydroxylation is 3. The van der Waals surface area contributed by atoms with Gasteiger partial charge in [-0.3, -0.25) is 13.9 Å². The molecule has 0 radical (unpaired) electrons. The van der Waals surface area contributed by atoms with Crippen molar-refractivity contribution < 1.29 is 31.3 Å². The second-order valence-electron chi connectivity index (χ2n) is 10.4. The van der Waals surface area contributed by atoms with E-state index in [4.69, 9.17) is 0 Å². The fourth-order valence-electron chi connectivity index (χ4n) is 5.10. The Morgan fingerprint density at radius 3 is 2.13 bits per heavy atom. The molecule has 0 spiro atoms. The van der Waals surface area contributed by atoms with Crippen LogP contribution in [0.3, 0.4) is 0 Å². The first-order valence-electron chi connectivity index (χ1n) is 14.1. The Labute approximate surface area is 264 Å². The van der Waals surface area contributed by atoms with Crippen LogP contribution in [0, 0.1) is 13.8 Å². The van der Waals surface area contributed by atoms with E-state index in [0.29, 0.717) is 28.8 Å². The number of benzene rings is 4. The van der Waals surface area contributed by atoms with E-state index in [0.717, 1.165) is 32.4 Å². The number of nitrogens with zero attached hydrogens (tertiary/aromatic N) is 2. The number of oxime groups is 1. The Kier molecular flexibility index (Phi) is 9.59. The third-order valence-corrected chi connectivity index (χ3v) is 8.99. The summed E-state index contributed by atoms with van der Waals surface area (Å²) >= 11 is -2.32. The van der Waals surface area contributed by atoms with Gasteiger partial charge < -0.3 is 4.57 Å². The standard InChI is InChI=1S/C34H29F3N2O4S2/c1-4-39-30-15-11-23(32(40)26-8-6-5-7-22(26)3)19-27(30)28-20-24(12-16-31(28)39)33(41)29(38-43-45(42)34(35,36)37)17-18-44-25-13-9-21(2)10-14-25/h5-16,19-20H,4,17-18H2,1-3H3/b38-29-. The maximum Gasteiger partial charge on any atom is 0.510 e. The lowest BCUT2D eigenvalue weighted by atomic mass is 9.97. The number of Topliss-reactive ketones (excluding diaryl/α,β-unsaturated/α-hetero) is 1. The molecule has 232 valence electrons. The molecule has 0 N–H and O–H groups in total. The van der Waals surface area contributed by atoms with Crippen LogP contribution in [0.2, 0.25) is 0 Å². The number of thioether (sulfide) groups is 1. The van der Waals surface area contributed by atoms with Gasteiger partial charge in [-0.05, 0) is 74.9 Å². The van der Waals surface area contributed by atoms with Gasteiger partial charge in [-0.15, -0.1) is 11.8 Å². The van der Waals surface area contributed by atoms with E-state index >= 15 is 0 Å². The molecule has 0 fully saturated rings. The van der Waals surface area contributed by atoms with Crippen LogP contribution >= 0.6 is 11.8 Å². The molecule has 0 saturated carbocycles. The molecule has 1 unspecified atom stereocenters. The van der Waals surface area contributed by atoms with Crippen LogP contribution in [-0.2, 0) is 21.9 Å². The lowest BCUT2D eigenvalue weighted by Crippen LogP contribution is -2.20. The Morgan fingerprint density at radius 2 is 1.51 bits per heavy atom. The van der Waals surface area contributed by atoms with Crippen molar-refractivity contribution in [3.8, 4) is 0 Å². The Morgan fingerprint density at radius 1 is 0.889 bits per heavy atom. The third kappa shape index (κ3) is 7.04. The van der Waals surface area contributed by atoms with E-state index in [1.54, 1.807) is 36.4 Å². The van der Waals surface area contributed by atoms with Crippen molar-refractivity contribution in [3.63, 3.8) is 0 Å². The van der Waals surface area contributed by atoms with Crippen molar-refractivity contribution in [3.05, 3.63) is 113 Å². The van der Waals surface area contributed by atoms with E-state index in [-0.39, 0.29) is 23.5 Å². The summed E-state index contributed by atoms with van der Waals surface area (Å²) in [5.74, 6) is -0.461. The van der Waals surface area contributed by atoms with Crippen molar-refractivity contribution in [2.75, 3.05) is 5.75 Å². The molecule has 1 atom stereocenters. The number of halogens is 3. The van der Waals surface area contributed by atoms with Gasteiger partial charge in [-0.2, -0.15) is 13.2 Å². The molecule has 1 aromatic heterocycles. The fraction of sp³-hybridized carbons (Fsp3) is 0.206. The number of carbonyl (C=O) groups is 2. The van der Waals surface area contributed by atoms with Crippen LogP contribution in [0.1, 0.15) is 50.8 Å². The summed E-state index contributed by atoms with van der Waals surface area (Å²) in [6.07, 6.45) is -0.0315. The zero-order valence-electron chi connectivity index (χ0n) is 24.7. The Bertz CT molecular complexity index is 1960. The quantitative estimate of drug-likeness (QED) is 0.0620. The van der Waals surface area contributed by atoms with Gasteiger partial charge in [-0.25, -0.2) is 4.21 Å². The molecule has 0 aliphatic carbocycles. The summed E-state index contributed by atoms with van der Waals surface area (Å²) < 4.78 is 56.6. The van der Waals surface area contributed by atoms with E-state index in [9.17, 15) is 27.0 Å². The first-order valence-corrected chi connectivity index (χ1v) is 16.2. The number of ketones is 2. The third-order valence-electron chi connectivity index (χ3n) is 7.39. The van der Waals surface area contributed by atoms with Crippen molar-refractivity contribution >= 4 is 61.9 Å². The molecule has 0 amide bonds. The van der Waals surface area contributed by atoms with Gasteiger partial charge in [0, 0.05) is 62.1 Å². The maximum absolute atomic E-state index is 13.7. The number of hydrogen-bond donors (Lipinski definition) is 0. The van der Waals surface area contributed by atoms with Gasteiger partial charge in [0.2, 0.25) is 5.78 Å². The highest BCUT2D eigenvalue weighted by molar-refractivity contribution is 7.99. The Balaban J connectivity index is 1.51. The normalized spacial score (nSPS) is 12.9. The molecule has 0 aliphatic heterocycles. The SMILES string of the molecule is CCn1c2ccc(C(=O)/C(CCSc3ccc(C)cc3)=N\OS(=O)C(F)(F)F)cc2c2cc(C(=O)c3ccccc3C)ccc21. The molecule has 0 saturated heterocycles. The molecule has 1 heterocycles. The zero-order valence-corrected chi connectivity index (χ0v) is 26.3. The van der Waals surface area contributed by atoms with Crippen LogP contribution in [0.4, 0.5) is 13.2 Å².